The maximum Gasteiger partial charge on any atom is 0.326 e. The second-order valence-electron chi connectivity index (χ2n) is 5.22. The van der Waals surface area contributed by atoms with Gasteiger partial charge < -0.3 is 10.4 Å². The molecule has 1 fully saturated rings. The Morgan fingerprint density at radius 3 is 2.72 bits per heavy atom. The molecule has 0 saturated heterocycles. The molecular weight excluding hydrogens is 250 g/mol. The van der Waals surface area contributed by atoms with Crippen molar-refractivity contribution in [2.24, 2.45) is 11.8 Å². The Bertz CT molecular complexity index is 285. The number of carbonyl (C=O) groups is 2. The highest BCUT2D eigenvalue weighted by atomic mass is 32.2. The van der Waals surface area contributed by atoms with Crippen molar-refractivity contribution in [3.63, 3.8) is 0 Å². The lowest BCUT2D eigenvalue weighted by molar-refractivity contribution is -0.140. The Morgan fingerprint density at radius 2 is 2.17 bits per heavy atom. The zero-order chi connectivity index (χ0) is 13.5. The van der Waals surface area contributed by atoms with Gasteiger partial charge in [0.15, 0.2) is 0 Å². The maximum atomic E-state index is 10.8. The van der Waals surface area contributed by atoms with Crippen LogP contribution in [0.25, 0.3) is 0 Å². The van der Waals surface area contributed by atoms with Gasteiger partial charge in [0.25, 0.3) is 0 Å². The van der Waals surface area contributed by atoms with E-state index in [4.69, 9.17) is 5.11 Å². The van der Waals surface area contributed by atoms with E-state index in [2.05, 4.69) is 19.2 Å². The van der Waals surface area contributed by atoms with E-state index < -0.39 is 12.0 Å². The molecule has 2 N–H and O–H groups in total. The van der Waals surface area contributed by atoms with E-state index in [1.54, 1.807) is 0 Å². The molecule has 0 radical (unpaired) electrons. The van der Waals surface area contributed by atoms with E-state index >= 15 is 0 Å². The Morgan fingerprint density at radius 1 is 1.44 bits per heavy atom. The molecule has 1 aliphatic rings. The van der Waals surface area contributed by atoms with Gasteiger partial charge in [0.05, 0.1) is 0 Å². The lowest BCUT2D eigenvalue weighted by Gasteiger charge is -2.31. The molecule has 0 spiro atoms. The number of nitrogens with one attached hydrogen (secondary N) is 1. The Hall–Kier alpha value is -0.710. The molecule has 1 aliphatic carbocycles. The first-order valence-electron chi connectivity index (χ1n) is 6.58. The van der Waals surface area contributed by atoms with Gasteiger partial charge in [-0.15, -0.1) is 0 Å². The van der Waals surface area contributed by atoms with Crippen molar-refractivity contribution in [1.29, 1.82) is 0 Å². The lowest BCUT2D eigenvalue weighted by atomic mass is 9.81. The first-order valence-corrected chi connectivity index (χ1v) is 7.63. The molecule has 0 aromatic heterocycles. The summed E-state index contributed by atoms with van der Waals surface area (Å²) in [7, 11) is 0. The van der Waals surface area contributed by atoms with Crippen molar-refractivity contribution in [1.82, 2.24) is 5.32 Å². The highest BCUT2D eigenvalue weighted by molar-refractivity contribution is 7.99. The fraction of sp³-hybridized carbons (Fsp3) is 0.846. The number of hydrogen-bond acceptors (Lipinski definition) is 3. The minimum absolute atomic E-state index is 0.466. The molecule has 0 aliphatic heterocycles. The second-order valence-corrected chi connectivity index (χ2v) is 6.63. The number of amides is 1. The number of aliphatic carboxylic acids is 1. The zero-order valence-corrected chi connectivity index (χ0v) is 11.9. The fourth-order valence-electron chi connectivity index (χ4n) is 2.36. The molecule has 1 rings (SSSR count). The van der Waals surface area contributed by atoms with Gasteiger partial charge in [0.1, 0.15) is 6.04 Å². The van der Waals surface area contributed by atoms with E-state index in [1.165, 1.54) is 19.3 Å². The van der Waals surface area contributed by atoms with Crippen LogP contribution in [0.1, 0.15) is 39.5 Å². The van der Waals surface area contributed by atoms with Crippen LogP contribution in [0.15, 0.2) is 0 Å². The first kappa shape index (κ1) is 15.3. The van der Waals surface area contributed by atoms with Gasteiger partial charge in [-0.05, 0) is 43.3 Å². The summed E-state index contributed by atoms with van der Waals surface area (Å²) in [6.07, 6.45) is 4.69. The van der Waals surface area contributed by atoms with Crippen LogP contribution >= 0.6 is 11.8 Å². The summed E-state index contributed by atoms with van der Waals surface area (Å²) in [4.78, 5) is 21.1. The smallest absolute Gasteiger partial charge is 0.326 e. The highest BCUT2D eigenvalue weighted by Crippen LogP contribution is 2.35. The Balaban J connectivity index is 2.24. The fourth-order valence-corrected chi connectivity index (χ4v) is 3.81. The number of carboxylic acids is 1. The summed E-state index contributed by atoms with van der Waals surface area (Å²) in [6, 6.07) is -0.741. The van der Waals surface area contributed by atoms with E-state index in [0.29, 0.717) is 18.1 Å². The number of carboxylic acid groups (broad SMARTS) is 1. The van der Waals surface area contributed by atoms with E-state index in [-0.39, 0.29) is 0 Å². The van der Waals surface area contributed by atoms with Gasteiger partial charge in [-0.2, -0.15) is 11.8 Å². The molecule has 4 unspecified atom stereocenters. The van der Waals surface area contributed by atoms with Gasteiger partial charge in [-0.25, -0.2) is 4.79 Å². The van der Waals surface area contributed by atoms with Crippen LogP contribution in [0.4, 0.5) is 0 Å². The SMILES string of the molecule is CC1CCC(SCCC(NC=O)C(=O)O)CC1C. The topological polar surface area (TPSA) is 66.4 Å². The predicted molar refractivity (Wildman–Crippen MR) is 73.7 cm³/mol. The standard InChI is InChI=1S/C13H23NO3S/c1-9-3-4-11(7-10(9)2)18-6-5-12(13(16)17)14-8-15/h8-12H,3-7H2,1-2H3,(H,14,15)(H,16,17). The Kier molecular flexibility index (Phi) is 6.54. The minimum atomic E-state index is -0.951. The third-order valence-electron chi connectivity index (χ3n) is 3.88. The summed E-state index contributed by atoms with van der Waals surface area (Å²) in [5.74, 6) is 1.42. The zero-order valence-electron chi connectivity index (χ0n) is 11.1. The van der Waals surface area contributed by atoms with Crippen molar-refractivity contribution in [3.05, 3.63) is 0 Å². The first-order chi connectivity index (χ1) is 8.54. The van der Waals surface area contributed by atoms with E-state index in [9.17, 15) is 9.59 Å². The predicted octanol–water partition coefficient (Wildman–Crippen LogP) is 2.13. The monoisotopic (exact) mass is 273 g/mol. The molecule has 4 nitrogen and oxygen atoms in total. The summed E-state index contributed by atoms with van der Waals surface area (Å²) < 4.78 is 0. The van der Waals surface area contributed by atoms with Crippen molar-refractivity contribution in [2.45, 2.75) is 50.8 Å². The highest BCUT2D eigenvalue weighted by Gasteiger charge is 2.25. The van der Waals surface area contributed by atoms with E-state index in [1.807, 2.05) is 11.8 Å². The maximum absolute atomic E-state index is 10.8. The van der Waals surface area contributed by atoms with E-state index in [0.717, 1.165) is 17.6 Å². The minimum Gasteiger partial charge on any atom is -0.480 e. The second kappa shape index (κ2) is 7.67. The number of hydrogen-bond donors (Lipinski definition) is 2. The molecule has 1 amide bonds. The van der Waals surface area contributed by atoms with Crippen LogP contribution in [-0.4, -0.2) is 34.5 Å². The molecule has 0 aromatic rings. The van der Waals surface area contributed by atoms with Crippen LogP contribution in [0, 0.1) is 11.8 Å². The normalized spacial score (nSPS) is 29.6. The van der Waals surface area contributed by atoms with Crippen LogP contribution in [0.5, 0.6) is 0 Å². The van der Waals surface area contributed by atoms with Gasteiger partial charge >= 0.3 is 5.97 Å². The summed E-state index contributed by atoms with van der Waals surface area (Å²) in [5, 5.41) is 11.9. The van der Waals surface area contributed by atoms with Crippen LogP contribution in [-0.2, 0) is 9.59 Å². The van der Waals surface area contributed by atoms with Gasteiger partial charge in [0.2, 0.25) is 6.41 Å². The molecule has 0 heterocycles. The molecule has 1 saturated carbocycles. The summed E-state index contributed by atoms with van der Waals surface area (Å²) >= 11 is 1.86. The number of carbonyl (C=O) groups excluding carboxylic acids is 1. The number of thioether (sulfide) groups is 1. The molecule has 5 heteroatoms. The van der Waals surface area contributed by atoms with Gasteiger partial charge in [-0.3, -0.25) is 4.79 Å². The largest absolute Gasteiger partial charge is 0.480 e. The molecule has 0 aromatic carbocycles. The van der Waals surface area contributed by atoms with Crippen molar-refractivity contribution >= 4 is 24.1 Å². The molecule has 4 atom stereocenters. The summed E-state index contributed by atoms with van der Waals surface area (Å²) in [5.41, 5.74) is 0. The third-order valence-corrected chi connectivity index (χ3v) is 5.25. The molecule has 0 bridgehead atoms. The molecule has 18 heavy (non-hydrogen) atoms. The van der Waals surface area contributed by atoms with Crippen LogP contribution in [0.2, 0.25) is 0 Å². The van der Waals surface area contributed by atoms with Crippen LogP contribution in [0.3, 0.4) is 0 Å². The summed E-state index contributed by atoms with van der Waals surface area (Å²) in [6.45, 7) is 4.60. The Labute approximate surface area is 113 Å². The molecular formula is C13H23NO3S. The van der Waals surface area contributed by atoms with Crippen molar-refractivity contribution in [2.75, 3.05) is 5.75 Å². The average Bonchev–Trinajstić information content (AvgIpc) is 2.32. The lowest BCUT2D eigenvalue weighted by Crippen LogP contribution is -2.36. The van der Waals surface area contributed by atoms with Gasteiger partial charge in [0, 0.05) is 5.25 Å². The quantitative estimate of drug-likeness (QED) is 0.697. The van der Waals surface area contributed by atoms with Gasteiger partial charge in [-0.1, -0.05) is 13.8 Å². The van der Waals surface area contributed by atoms with Crippen molar-refractivity contribution in [3.8, 4) is 0 Å². The van der Waals surface area contributed by atoms with Crippen LogP contribution < -0.4 is 5.32 Å². The molecule has 104 valence electrons. The number of rotatable bonds is 7. The third kappa shape index (κ3) is 4.88. The van der Waals surface area contributed by atoms with Crippen molar-refractivity contribution < 1.29 is 14.7 Å². The average molecular weight is 273 g/mol.